The Hall–Kier alpha value is -0.760. The van der Waals surface area contributed by atoms with Gasteiger partial charge in [0.15, 0.2) is 5.96 Å². The molecule has 0 aromatic carbocycles. The molecule has 2 heterocycles. The Bertz CT molecular complexity index is 499. The summed E-state index contributed by atoms with van der Waals surface area (Å²) < 4.78 is 2.17. The van der Waals surface area contributed by atoms with Gasteiger partial charge in [-0.05, 0) is 45.0 Å². The number of aryl methyl sites for hydroxylation is 1. The molecule has 138 valence electrons. The molecule has 0 saturated carbocycles. The number of likely N-dealkylation sites (N-methyl/N-ethyl adjacent to an activating group) is 1. The van der Waals surface area contributed by atoms with Crippen molar-refractivity contribution in [3.63, 3.8) is 0 Å². The Kier molecular flexibility index (Phi) is 9.73. The normalized spacial score (nSPS) is 19.0. The molecule has 1 fully saturated rings. The van der Waals surface area contributed by atoms with Gasteiger partial charge in [0.05, 0.1) is 13.1 Å². The van der Waals surface area contributed by atoms with Crippen LogP contribution < -0.4 is 5.32 Å². The molecule has 1 saturated heterocycles. The van der Waals surface area contributed by atoms with E-state index in [2.05, 4.69) is 66.0 Å². The minimum atomic E-state index is 0. The minimum absolute atomic E-state index is 0. The Morgan fingerprint density at radius 2 is 2.17 bits per heavy atom. The van der Waals surface area contributed by atoms with Gasteiger partial charge in [0, 0.05) is 38.6 Å². The van der Waals surface area contributed by atoms with Crippen molar-refractivity contribution >= 4 is 29.9 Å². The number of nitrogens with one attached hydrogen (secondary N) is 1. The molecule has 1 unspecified atom stereocenters. The van der Waals surface area contributed by atoms with Gasteiger partial charge in [-0.15, -0.1) is 24.0 Å². The molecular formula is C18H34IN5. The number of piperidine rings is 1. The summed E-state index contributed by atoms with van der Waals surface area (Å²) in [5.74, 6) is 1.01. The van der Waals surface area contributed by atoms with Crippen LogP contribution in [0.3, 0.4) is 0 Å². The third kappa shape index (κ3) is 5.95. The Balaban J connectivity index is 0.00000288. The monoisotopic (exact) mass is 447 g/mol. The maximum atomic E-state index is 4.93. The van der Waals surface area contributed by atoms with Gasteiger partial charge >= 0.3 is 0 Å². The van der Waals surface area contributed by atoms with E-state index in [1.807, 2.05) is 0 Å². The maximum absolute atomic E-state index is 4.93. The van der Waals surface area contributed by atoms with Crippen LogP contribution >= 0.6 is 24.0 Å². The van der Waals surface area contributed by atoms with E-state index in [1.54, 1.807) is 0 Å². The summed E-state index contributed by atoms with van der Waals surface area (Å²) in [5.41, 5.74) is 1.30. The summed E-state index contributed by atoms with van der Waals surface area (Å²) in [6.07, 6.45) is 6.04. The summed E-state index contributed by atoms with van der Waals surface area (Å²) >= 11 is 0. The van der Waals surface area contributed by atoms with Crippen LogP contribution in [0.2, 0.25) is 0 Å². The van der Waals surface area contributed by atoms with E-state index in [1.165, 1.54) is 31.5 Å². The van der Waals surface area contributed by atoms with Crippen LogP contribution in [0.1, 0.15) is 38.8 Å². The van der Waals surface area contributed by atoms with Crippen molar-refractivity contribution in [1.82, 2.24) is 19.7 Å². The lowest BCUT2D eigenvalue weighted by Gasteiger charge is -2.34. The molecule has 0 amide bonds. The van der Waals surface area contributed by atoms with Gasteiger partial charge in [-0.1, -0.05) is 13.3 Å². The third-order valence-electron chi connectivity index (χ3n) is 4.75. The van der Waals surface area contributed by atoms with Gasteiger partial charge in [0.2, 0.25) is 0 Å². The Morgan fingerprint density at radius 3 is 2.79 bits per heavy atom. The van der Waals surface area contributed by atoms with Gasteiger partial charge < -0.3 is 14.8 Å². The van der Waals surface area contributed by atoms with Crippen molar-refractivity contribution in [2.24, 2.45) is 12.0 Å². The number of nitrogens with zero attached hydrogens (tertiary/aromatic N) is 4. The van der Waals surface area contributed by atoms with Crippen molar-refractivity contribution in [2.45, 2.75) is 45.7 Å². The molecule has 1 atom stereocenters. The summed E-state index contributed by atoms with van der Waals surface area (Å²) in [7, 11) is 4.21. The third-order valence-corrected chi connectivity index (χ3v) is 4.75. The predicted octanol–water partition coefficient (Wildman–Crippen LogP) is 2.91. The Labute approximate surface area is 164 Å². The van der Waals surface area contributed by atoms with Gasteiger partial charge in [-0.2, -0.15) is 0 Å². The molecule has 5 nitrogen and oxygen atoms in total. The first kappa shape index (κ1) is 21.3. The first-order valence-corrected chi connectivity index (χ1v) is 8.99. The molecule has 1 aliphatic heterocycles. The number of guanidine groups is 1. The lowest BCUT2D eigenvalue weighted by molar-refractivity contribution is 0.161. The molecule has 1 aliphatic rings. The molecule has 1 aromatic rings. The fourth-order valence-corrected chi connectivity index (χ4v) is 3.32. The highest BCUT2D eigenvalue weighted by molar-refractivity contribution is 14.0. The molecule has 0 spiro atoms. The number of aliphatic imine (C=N–C) groups is 1. The largest absolute Gasteiger partial charge is 0.357 e. The van der Waals surface area contributed by atoms with E-state index in [0.717, 1.165) is 32.1 Å². The van der Waals surface area contributed by atoms with E-state index < -0.39 is 0 Å². The number of aromatic nitrogens is 1. The number of hydrogen-bond acceptors (Lipinski definition) is 2. The molecule has 24 heavy (non-hydrogen) atoms. The zero-order valence-electron chi connectivity index (χ0n) is 15.7. The second-order valence-electron chi connectivity index (χ2n) is 6.44. The lowest BCUT2D eigenvalue weighted by atomic mass is 10.0. The van der Waals surface area contributed by atoms with Gasteiger partial charge in [0.25, 0.3) is 0 Å². The van der Waals surface area contributed by atoms with Crippen LogP contribution in [-0.2, 0) is 13.6 Å². The Morgan fingerprint density at radius 1 is 1.38 bits per heavy atom. The zero-order valence-corrected chi connectivity index (χ0v) is 18.0. The zero-order chi connectivity index (χ0) is 16.7. The fourth-order valence-electron chi connectivity index (χ4n) is 3.32. The van der Waals surface area contributed by atoms with Crippen molar-refractivity contribution in [2.75, 3.05) is 33.2 Å². The van der Waals surface area contributed by atoms with Gasteiger partial charge in [0.1, 0.15) is 0 Å². The van der Waals surface area contributed by atoms with E-state index in [-0.39, 0.29) is 24.0 Å². The molecule has 0 radical (unpaired) electrons. The summed E-state index contributed by atoms with van der Waals surface area (Å²) in [6.45, 7) is 9.42. The molecule has 0 bridgehead atoms. The van der Waals surface area contributed by atoms with E-state index >= 15 is 0 Å². The van der Waals surface area contributed by atoms with Crippen LogP contribution in [0.4, 0.5) is 0 Å². The highest BCUT2D eigenvalue weighted by atomic mass is 127. The smallest absolute Gasteiger partial charge is 0.194 e. The number of halogens is 1. The molecule has 1 N–H and O–H groups in total. The second kappa shape index (κ2) is 11.0. The average Bonchev–Trinajstić information content (AvgIpc) is 2.96. The maximum Gasteiger partial charge on any atom is 0.194 e. The molecule has 1 aromatic heterocycles. The van der Waals surface area contributed by atoms with Crippen LogP contribution in [-0.4, -0.2) is 59.6 Å². The molecule has 6 heteroatoms. The van der Waals surface area contributed by atoms with Crippen molar-refractivity contribution in [1.29, 1.82) is 0 Å². The topological polar surface area (TPSA) is 35.8 Å². The van der Waals surface area contributed by atoms with Crippen LogP contribution in [0.5, 0.6) is 0 Å². The van der Waals surface area contributed by atoms with Gasteiger partial charge in [-0.25, -0.2) is 0 Å². The first-order valence-electron chi connectivity index (χ1n) is 8.99. The minimum Gasteiger partial charge on any atom is -0.357 e. The summed E-state index contributed by atoms with van der Waals surface area (Å²) in [4.78, 5) is 9.72. The molecular weight excluding hydrogens is 413 g/mol. The molecule has 0 aliphatic carbocycles. The quantitative estimate of drug-likeness (QED) is 0.414. The van der Waals surface area contributed by atoms with Crippen LogP contribution in [0.25, 0.3) is 0 Å². The highest BCUT2D eigenvalue weighted by Gasteiger charge is 2.20. The highest BCUT2D eigenvalue weighted by Crippen LogP contribution is 2.16. The van der Waals surface area contributed by atoms with Crippen molar-refractivity contribution < 1.29 is 0 Å². The van der Waals surface area contributed by atoms with E-state index in [0.29, 0.717) is 6.04 Å². The molecule has 2 rings (SSSR count). The average molecular weight is 447 g/mol. The standard InChI is InChI=1S/C18H33N5.HI/c1-5-19-18(22(4)15-17-11-9-12-21(17)3)20-14-16-10-7-8-13-23(16)6-2;/h9,11-12,16H,5-8,10,13-15H2,1-4H3,(H,19,20);1H. The number of likely N-dealkylation sites (tertiary alicyclic amines) is 1. The van der Waals surface area contributed by atoms with Gasteiger partial charge in [-0.3, -0.25) is 9.89 Å². The number of hydrogen-bond donors (Lipinski definition) is 1. The summed E-state index contributed by atoms with van der Waals surface area (Å²) in [5, 5.41) is 3.43. The van der Waals surface area contributed by atoms with E-state index in [4.69, 9.17) is 4.99 Å². The fraction of sp³-hybridized carbons (Fsp3) is 0.722. The van der Waals surface area contributed by atoms with E-state index in [9.17, 15) is 0 Å². The second-order valence-corrected chi connectivity index (χ2v) is 6.44. The summed E-state index contributed by atoms with van der Waals surface area (Å²) in [6, 6.07) is 4.86. The lowest BCUT2D eigenvalue weighted by Crippen LogP contribution is -2.43. The van der Waals surface area contributed by atoms with Crippen molar-refractivity contribution in [3.8, 4) is 0 Å². The first-order chi connectivity index (χ1) is 11.2. The van der Waals surface area contributed by atoms with Crippen LogP contribution in [0, 0.1) is 0 Å². The number of rotatable bonds is 6. The SMILES string of the molecule is CCNC(=NCC1CCCCN1CC)N(C)Cc1cccn1C.I. The predicted molar refractivity (Wildman–Crippen MR) is 113 cm³/mol. The van der Waals surface area contributed by atoms with Crippen molar-refractivity contribution in [3.05, 3.63) is 24.0 Å². The van der Waals surface area contributed by atoms with Crippen LogP contribution in [0.15, 0.2) is 23.3 Å².